The van der Waals surface area contributed by atoms with Crippen LogP contribution in [0.3, 0.4) is 0 Å². The average Bonchev–Trinajstić information content (AvgIpc) is 2.71. The normalized spacial score (nSPS) is 19.6. The Balaban J connectivity index is 1.79. The van der Waals surface area contributed by atoms with Crippen LogP contribution in [0.15, 0.2) is 53.1 Å². The van der Waals surface area contributed by atoms with Crippen LogP contribution in [-0.2, 0) is 12.8 Å². The minimum Gasteiger partial charge on any atom is -0.549 e. The molecule has 0 aromatic heterocycles. The third-order valence-corrected chi connectivity index (χ3v) is 8.17. The highest BCUT2D eigenvalue weighted by atomic mass is 28.2. The second kappa shape index (κ2) is 12.8. The second-order valence-corrected chi connectivity index (χ2v) is 15.0. The highest BCUT2D eigenvalue weighted by Crippen LogP contribution is 2.40. The molecule has 0 fully saturated rings. The summed E-state index contributed by atoms with van der Waals surface area (Å²) in [5, 5.41) is 0.334. The molecule has 0 saturated carbocycles. The lowest BCUT2D eigenvalue weighted by Gasteiger charge is -2.35. The molecule has 2 rings (SSSR count). The van der Waals surface area contributed by atoms with E-state index in [1.54, 1.807) is 11.1 Å². The third-order valence-electron chi connectivity index (χ3n) is 6.83. The second-order valence-electron chi connectivity index (χ2n) is 12.3. The van der Waals surface area contributed by atoms with E-state index in [2.05, 4.69) is 91.8 Å². The molecule has 1 aromatic rings. The standard InChI is InChI=1S/C31H50OSi/c1-24(2)12-9-13-25(3)14-10-15-26(4)16-11-20-31(8)21-19-27-22-29(18-17-28(27)23-31)32-33-30(5,6)7/h12,14,16-18,22H,9-11,13,15,19-21,23,33H2,1-8H3. The minimum absolute atomic E-state index is 0.334. The van der Waals surface area contributed by atoms with Gasteiger partial charge in [0.15, 0.2) is 0 Å². The Morgan fingerprint density at radius 1 is 0.939 bits per heavy atom. The van der Waals surface area contributed by atoms with Gasteiger partial charge < -0.3 is 4.43 Å². The summed E-state index contributed by atoms with van der Waals surface area (Å²) in [5.74, 6) is 1.10. The predicted molar refractivity (Wildman–Crippen MR) is 150 cm³/mol. The summed E-state index contributed by atoms with van der Waals surface area (Å²) in [4.78, 5) is 0. The Kier molecular flexibility index (Phi) is 10.7. The van der Waals surface area contributed by atoms with Gasteiger partial charge in [0.05, 0.1) is 0 Å². The van der Waals surface area contributed by atoms with Gasteiger partial charge in [-0.25, -0.2) is 0 Å². The van der Waals surface area contributed by atoms with Crippen LogP contribution in [0.4, 0.5) is 0 Å². The molecular formula is C31H50OSi. The molecule has 33 heavy (non-hydrogen) atoms. The number of hydrogen-bond donors (Lipinski definition) is 0. The topological polar surface area (TPSA) is 9.23 Å². The first-order chi connectivity index (χ1) is 15.5. The third kappa shape index (κ3) is 11.0. The Morgan fingerprint density at radius 2 is 1.58 bits per heavy atom. The van der Waals surface area contributed by atoms with Crippen molar-refractivity contribution < 1.29 is 4.43 Å². The maximum atomic E-state index is 6.18. The molecule has 1 atom stereocenters. The molecule has 0 saturated heterocycles. The summed E-state index contributed by atoms with van der Waals surface area (Å²) in [6, 6.07) is 6.88. The molecule has 1 aliphatic carbocycles. The summed E-state index contributed by atoms with van der Waals surface area (Å²) in [5.41, 5.74) is 7.99. The van der Waals surface area contributed by atoms with Gasteiger partial charge in [-0.2, -0.15) is 0 Å². The Bertz CT molecular complexity index is 848. The van der Waals surface area contributed by atoms with Gasteiger partial charge in [-0.05, 0) is 119 Å². The van der Waals surface area contributed by atoms with E-state index in [4.69, 9.17) is 4.43 Å². The zero-order valence-corrected chi connectivity index (χ0v) is 24.4. The van der Waals surface area contributed by atoms with Gasteiger partial charge in [0, 0.05) is 0 Å². The lowest BCUT2D eigenvalue weighted by molar-refractivity contribution is 0.257. The molecular weight excluding hydrogens is 416 g/mol. The summed E-state index contributed by atoms with van der Waals surface area (Å²) in [6.45, 7) is 18.3. The van der Waals surface area contributed by atoms with E-state index in [1.807, 2.05) is 0 Å². The van der Waals surface area contributed by atoms with Crippen LogP contribution in [0.25, 0.3) is 0 Å². The number of allylic oxidation sites excluding steroid dienone is 6. The minimum atomic E-state index is -0.545. The van der Waals surface area contributed by atoms with Crippen LogP contribution >= 0.6 is 0 Å². The fraction of sp³-hybridized carbons (Fsp3) is 0.613. The first-order valence-corrected chi connectivity index (χ1v) is 14.4. The number of rotatable bonds is 11. The lowest BCUT2D eigenvalue weighted by Crippen LogP contribution is -2.25. The number of fused-ring (bicyclic) bond motifs is 1. The van der Waals surface area contributed by atoms with E-state index in [9.17, 15) is 0 Å². The fourth-order valence-corrected chi connectivity index (χ4v) is 5.38. The van der Waals surface area contributed by atoms with Crippen molar-refractivity contribution in [2.45, 2.75) is 118 Å². The largest absolute Gasteiger partial charge is 0.549 e. The van der Waals surface area contributed by atoms with Gasteiger partial charge in [0.25, 0.3) is 0 Å². The van der Waals surface area contributed by atoms with E-state index in [0.717, 1.165) is 5.75 Å². The molecule has 0 amide bonds. The van der Waals surface area contributed by atoms with Crippen molar-refractivity contribution >= 4 is 9.76 Å². The van der Waals surface area contributed by atoms with Crippen molar-refractivity contribution in [3.05, 3.63) is 64.3 Å². The van der Waals surface area contributed by atoms with E-state index < -0.39 is 9.76 Å². The molecule has 0 heterocycles. The van der Waals surface area contributed by atoms with Gasteiger partial charge in [-0.15, -0.1) is 0 Å². The van der Waals surface area contributed by atoms with Crippen LogP contribution in [0.2, 0.25) is 5.04 Å². The monoisotopic (exact) mass is 466 g/mol. The molecule has 1 nitrogen and oxygen atoms in total. The molecule has 0 N–H and O–H groups in total. The van der Waals surface area contributed by atoms with Crippen LogP contribution in [-0.4, -0.2) is 9.76 Å². The first-order valence-electron chi connectivity index (χ1n) is 13.2. The maximum Gasteiger partial charge on any atom is 0.224 e. The lowest BCUT2D eigenvalue weighted by atomic mass is 9.70. The summed E-state index contributed by atoms with van der Waals surface area (Å²) < 4.78 is 6.18. The average molecular weight is 467 g/mol. The highest BCUT2D eigenvalue weighted by Gasteiger charge is 2.29. The Labute approximate surface area is 207 Å². The van der Waals surface area contributed by atoms with E-state index in [1.165, 1.54) is 74.5 Å². The molecule has 184 valence electrons. The quantitative estimate of drug-likeness (QED) is 0.233. The van der Waals surface area contributed by atoms with Crippen molar-refractivity contribution in [2.24, 2.45) is 5.41 Å². The molecule has 1 aromatic carbocycles. The molecule has 0 spiro atoms. The smallest absolute Gasteiger partial charge is 0.224 e. The van der Waals surface area contributed by atoms with Gasteiger partial charge >= 0.3 is 0 Å². The van der Waals surface area contributed by atoms with Crippen LogP contribution < -0.4 is 4.43 Å². The summed E-state index contributed by atoms with van der Waals surface area (Å²) >= 11 is 0. The molecule has 0 radical (unpaired) electrons. The SMILES string of the molecule is CC(C)=CCCC(C)=CCCC(C)=CCCC1(C)CCc2cc(O[SiH2]C(C)(C)C)ccc2C1. The van der Waals surface area contributed by atoms with Gasteiger partial charge in [0.1, 0.15) is 5.75 Å². The van der Waals surface area contributed by atoms with Gasteiger partial charge in [0.2, 0.25) is 9.76 Å². The summed E-state index contributed by atoms with van der Waals surface area (Å²) in [6.07, 6.45) is 18.2. The van der Waals surface area contributed by atoms with Crippen LogP contribution in [0, 0.1) is 5.41 Å². The number of benzene rings is 1. The van der Waals surface area contributed by atoms with Gasteiger partial charge in [-0.3, -0.25) is 0 Å². The Morgan fingerprint density at radius 3 is 2.21 bits per heavy atom. The van der Waals surface area contributed by atoms with E-state index >= 15 is 0 Å². The molecule has 0 bridgehead atoms. The van der Waals surface area contributed by atoms with Crippen molar-refractivity contribution in [3.8, 4) is 5.75 Å². The summed E-state index contributed by atoms with van der Waals surface area (Å²) in [7, 11) is -0.545. The fourth-order valence-electron chi connectivity index (χ4n) is 4.60. The van der Waals surface area contributed by atoms with Gasteiger partial charge in [-0.1, -0.05) is 68.7 Å². The zero-order chi connectivity index (χ0) is 24.5. The Hall–Kier alpha value is -1.54. The first kappa shape index (κ1) is 27.7. The van der Waals surface area contributed by atoms with Crippen molar-refractivity contribution in [1.29, 1.82) is 0 Å². The zero-order valence-electron chi connectivity index (χ0n) is 22.9. The molecule has 1 unspecified atom stereocenters. The number of aryl methyl sites for hydroxylation is 1. The van der Waals surface area contributed by atoms with E-state index in [-0.39, 0.29) is 0 Å². The van der Waals surface area contributed by atoms with Crippen molar-refractivity contribution in [3.63, 3.8) is 0 Å². The highest BCUT2D eigenvalue weighted by molar-refractivity contribution is 6.32. The van der Waals surface area contributed by atoms with Crippen molar-refractivity contribution in [1.82, 2.24) is 0 Å². The van der Waals surface area contributed by atoms with E-state index in [0.29, 0.717) is 10.5 Å². The van der Waals surface area contributed by atoms with Crippen LogP contribution in [0.1, 0.15) is 111 Å². The van der Waals surface area contributed by atoms with Crippen LogP contribution in [0.5, 0.6) is 5.75 Å². The molecule has 1 aliphatic rings. The maximum absolute atomic E-state index is 6.18. The predicted octanol–water partition coefficient (Wildman–Crippen LogP) is 9.06. The van der Waals surface area contributed by atoms with Crippen molar-refractivity contribution in [2.75, 3.05) is 0 Å². The molecule has 0 aliphatic heterocycles. The molecule has 2 heteroatoms. The number of hydrogen-bond acceptors (Lipinski definition) is 1.